The van der Waals surface area contributed by atoms with Gasteiger partial charge in [0, 0.05) is 5.56 Å². The van der Waals surface area contributed by atoms with Gasteiger partial charge in [0.2, 0.25) is 0 Å². The Morgan fingerprint density at radius 1 is 1.05 bits per heavy atom. The van der Waals surface area contributed by atoms with Crippen LogP contribution in [0.15, 0.2) is 36.4 Å². The van der Waals surface area contributed by atoms with E-state index in [4.69, 9.17) is 12.2 Å². The van der Waals surface area contributed by atoms with Gasteiger partial charge in [-0.05, 0) is 62.3 Å². The lowest BCUT2D eigenvalue weighted by Crippen LogP contribution is -2.34. The normalized spacial score (nSPS) is 10.1. The molecule has 0 heterocycles. The average molecular weight is 314 g/mol. The van der Waals surface area contributed by atoms with Crippen LogP contribution < -0.4 is 10.6 Å². The Bertz CT molecular complexity index is 741. The quantitative estimate of drug-likeness (QED) is 0.587. The van der Waals surface area contributed by atoms with Crippen molar-refractivity contribution in [3.63, 3.8) is 0 Å². The molecule has 114 valence electrons. The summed E-state index contributed by atoms with van der Waals surface area (Å²) < 4.78 is 0. The molecule has 0 aliphatic carbocycles. The number of anilines is 1. The van der Waals surface area contributed by atoms with Gasteiger partial charge in [-0.3, -0.25) is 10.1 Å². The molecule has 0 saturated carbocycles. The van der Waals surface area contributed by atoms with Crippen LogP contribution in [0.1, 0.15) is 27.0 Å². The molecule has 3 N–H and O–H groups in total. The van der Waals surface area contributed by atoms with Gasteiger partial charge < -0.3 is 10.4 Å². The summed E-state index contributed by atoms with van der Waals surface area (Å²) in [5, 5.41) is 15.4. The summed E-state index contributed by atoms with van der Waals surface area (Å²) in [6.07, 6.45) is 0. The van der Waals surface area contributed by atoms with Crippen LogP contribution in [0.4, 0.5) is 5.69 Å². The minimum atomic E-state index is -0.276. The lowest BCUT2D eigenvalue weighted by atomic mass is 10.1. The Morgan fingerprint density at radius 2 is 1.68 bits per heavy atom. The molecule has 0 aromatic heterocycles. The van der Waals surface area contributed by atoms with Crippen molar-refractivity contribution in [2.45, 2.75) is 20.8 Å². The zero-order chi connectivity index (χ0) is 16.3. The van der Waals surface area contributed by atoms with Crippen LogP contribution >= 0.6 is 12.2 Å². The second kappa shape index (κ2) is 6.58. The first-order chi connectivity index (χ1) is 10.4. The first-order valence-electron chi connectivity index (χ1n) is 6.86. The summed E-state index contributed by atoms with van der Waals surface area (Å²) >= 11 is 5.13. The van der Waals surface area contributed by atoms with E-state index in [0.29, 0.717) is 11.3 Å². The van der Waals surface area contributed by atoms with Crippen molar-refractivity contribution in [1.29, 1.82) is 0 Å². The molecule has 0 bridgehead atoms. The van der Waals surface area contributed by atoms with E-state index in [0.717, 1.165) is 16.7 Å². The Balaban J connectivity index is 2.08. The summed E-state index contributed by atoms with van der Waals surface area (Å²) in [5.41, 5.74) is 4.00. The number of nitrogens with one attached hydrogen (secondary N) is 2. The van der Waals surface area contributed by atoms with Gasteiger partial charge in [-0.15, -0.1) is 0 Å². The zero-order valence-corrected chi connectivity index (χ0v) is 13.5. The van der Waals surface area contributed by atoms with Gasteiger partial charge in [0.25, 0.3) is 5.91 Å². The summed E-state index contributed by atoms with van der Waals surface area (Å²) in [6, 6.07) is 10.7. The maximum absolute atomic E-state index is 12.2. The molecule has 5 heteroatoms. The molecule has 1 amide bonds. The van der Waals surface area contributed by atoms with E-state index in [1.54, 1.807) is 24.3 Å². The van der Waals surface area contributed by atoms with Crippen LogP contribution in [0.5, 0.6) is 5.75 Å². The largest absolute Gasteiger partial charge is 0.506 e. The van der Waals surface area contributed by atoms with Crippen molar-refractivity contribution in [2.75, 3.05) is 5.32 Å². The molecular weight excluding hydrogens is 296 g/mol. The molecule has 0 radical (unpaired) electrons. The highest BCUT2D eigenvalue weighted by Gasteiger charge is 2.11. The zero-order valence-electron chi connectivity index (χ0n) is 12.7. The predicted octanol–water partition coefficient (Wildman–Crippen LogP) is 3.44. The Labute approximate surface area is 135 Å². The van der Waals surface area contributed by atoms with E-state index in [1.165, 1.54) is 0 Å². The minimum Gasteiger partial charge on any atom is -0.506 e. The Kier molecular flexibility index (Phi) is 4.78. The number of aromatic hydroxyl groups is 1. The summed E-state index contributed by atoms with van der Waals surface area (Å²) in [7, 11) is 0. The number of carbonyl (C=O) groups is 1. The highest BCUT2D eigenvalue weighted by molar-refractivity contribution is 7.80. The summed E-state index contributed by atoms with van der Waals surface area (Å²) in [5.74, 6) is -0.198. The van der Waals surface area contributed by atoms with E-state index < -0.39 is 0 Å². The number of hydrogen-bond acceptors (Lipinski definition) is 3. The number of phenols is 1. The maximum atomic E-state index is 12.2. The van der Waals surface area contributed by atoms with Crippen molar-refractivity contribution < 1.29 is 9.90 Å². The Morgan fingerprint density at radius 3 is 2.36 bits per heavy atom. The van der Waals surface area contributed by atoms with Crippen molar-refractivity contribution in [2.24, 2.45) is 0 Å². The molecule has 0 unspecified atom stereocenters. The van der Waals surface area contributed by atoms with Crippen LogP contribution in [-0.2, 0) is 0 Å². The van der Waals surface area contributed by atoms with Gasteiger partial charge in [0.1, 0.15) is 5.75 Å². The monoisotopic (exact) mass is 314 g/mol. The highest BCUT2D eigenvalue weighted by atomic mass is 32.1. The standard InChI is InChI=1S/C17H18N2O2S/c1-10-4-6-13(12(3)8-10)16(21)19-17(22)18-14-9-11(2)5-7-15(14)20/h4-9,20H,1-3H3,(H2,18,19,21,22). The number of thiocarbonyl (C=S) groups is 1. The molecule has 0 aliphatic heterocycles. The van der Waals surface area contributed by atoms with Crippen LogP contribution in [-0.4, -0.2) is 16.1 Å². The molecule has 2 aromatic carbocycles. The minimum absolute atomic E-state index is 0.0775. The lowest BCUT2D eigenvalue weighted by Gasteiger charge is -2.12. The number of carbonyl (C=O) groups excluding carboxylic acids is 1. The number of hydrogen-bond donors (Lipinski definition) is 3. The molecule has 0 atom stereocenters. The predicted molar refractivity (Wildman–Crippen MR) is 92.4 cm³/mol. The van der Waals surface area contributed by atoms with Crippen molar-refractivity contribution in [3.8, 4) is 5.75 Å². The van der Waals surface area contributed by atoms with Gasteiger partial charge in [0.05, 0.1) is 5.69 Å². The first-order valence-corrected chi connectivity index (χ1v) is 7.27. The van der Waals surface area contributed by atoms with Gasteiger partial charge in [-0.1, -0.05) is 23.8 Å². The topological polar surface area (TPSA) is 61.4 Å². The Hall–Kier alpha value is -2.40. The van der Waals surface area contributed by atoms with Crippen molar-refractivity contribution in [3.05, 3.63) is 58.7 Å². The van der Waals surface area contributed by atoms with Crippen LogP contribution in [0.25, 0.3) is 0 Å². The van der Waals surface area contributed by atoms with Gasteiger partial charge >= 0.3 is 0 Å². The maximum Gasteiger partial charge on any atom is 0.257 e. The molecular formula is C17H18N2O2S. The highest BCUT2D eigenvalue weighted by Crippen LogP contribution is 2.23. The molecule has 2 rings (SSSR count). The second-order valence-corrected chi connectivity index (χ2v) is 5.66. The molecule has 0 spiro atoms. The van der Waals surface area contributed by atoms with Gasteiger partial charge in [-0.25, -0.2) is 0 Å². The third-order valence-electron chi connectivity index (χ3n) is 3.25. The van der Waals surface area contributed by atoms with Gasteiger partial charge in [-0.2, -0.15) is 0 Å². The number of rotatable bonds is 2. The lowest BCUT2D eigenvalue weighted by molar-refractivity contribution is 0.0977. The molecule has 0 saturated heterocycles. The summed E-state index contributed by atoms with van der Waals surface area (Å²) in [6.45, 7) is 5.76. The van der Waals surface area contributed by atoms with Crippen LogP contribution in [0.2, 0.25) is 0 Å². The SMILES string of the molecule is Cc1ccc(C(=O)NC(=S)Nc2cc(C)ccc2O)c(C)c1. The van der Waals surface area contributed by atoms with Crippen LogP contribution in [0.3, 0.4) is 0 Å². The van der Waals surface area contributed by atoms with E-state index in [2.05, 4.69) is 10.6 Å². The third-order valence-corrected chi connectivity index (χ3v) is 3.46. The molecule has 0 fully saturated rings. The van der Waals surface area contributed by atoms with E-state index >= 15 is 0 Å². The smallest absolute Gasteiger partial charge is 0.257 e. The van der Waals surface area contributed by atoms with Crippen LogP contribution in [0, 0.1) is 20.8 Å². The number of amides is 1. The van der Waals surface area contributed by atoms with Gasteiger partial charge in [0.15, 0.2) is 5.11 Å². The fourth-order valence-corrected chi connectivity index (χ4v) is 2.35. The number of aryl methyl sites for hydroxylation is 3. The fourth-order valence-electron chi connectivity index (χ4n) is 2.14. The van der Waals surface area contributed by atoms with E-state index in [9.17, 15) is 9.90 Å². The van der Waals surface area contributed by atoms with Crippen molar-refractivity contribution >= 4 is 28.9 Å². The van der Waals surface area contributed by atoms with E-state index in [-0.39, 0.29) is 16.8 Å². The average Bonchev–Trinajstić information content (AvgIpc) is 2.42. The van der Waals surface area contributed by atoms with E-state index in [1.807, 2.05) is 32.9 Å². The molecule has 22 heavy (non-hydrogen) atoms. The summed E-state index contributed by atoms with van der Waals surface area (Å²) in [4.78, 5) is 12.2. The number of benzene rings is 2. The fraction of sp³-hybridized carbons (Fsp3) is 0.176. The molecule has 0 aliphatic rings. The first kappa shape index (κ1) is 16.0. The van der Waals surface area contributed by atoms with Crippen molar-refractivity contribution in [1.82, 2.24) is 5.32 Å². The molecule has 4 nitrogen and oxygen atoms in total. The third kappa shape index (κ3) is 3.83. The molecule has 2 aromatic rings. The second-order valence-electron chi connectivity index (χ2n) is 5.25. The number of phenolic OH excluding ortho intramolecular Hbond substituents is 1.